The average Bonchev–Trinajstić information content (AvgIpc) is 3.07. The van der Waals surface area contributed by atoms with Crippen LogP contribution in [0.3, 0.4) is 0 Å². The second-order valence-corrected chi connectivity index (χ2v) is 14.9. The Morgan fingerprint density at radius 2 is 0.900 bits per heavy atom. The van der Waals surface area contributed by atoms with Gasteiger partial charge in [-0.15, -0.1) is 0 Å². The lowest BCUT2D eigenvalue weighted by Gasteiger charge is -2.23. The summed E-state index contributed by atoms with van der Waals surface area (Å²) in [6.07, 6.45) is -1.10. The molecule has 8 nitrogen and oxygen atoms in total. The molecule has 2 amide bonds. The number of halogens is 2. The van der Waals surface area contributed by atoms with Crippen LogP contribution in [0.2, 0.25) is 0 Å². The summed E-state index contributed by atoms with van der Waals surface area (Å²) in [5.74, 6) is 1.36. The summed E-state index contributed by atoms with van der Waals surface area (Å²) in [5, 5.41) is 6.93. The minimum Gasteiger partial charge on any atom is -0.488 e. The van der Waals surface area contributed by atoms with E-state index in [4.69, 9.17) is 18.9 Å². The van der Waals surface area contributed by atoms with E-state index >= 15 is 0 Å². The summed E-state index contributed by atoms with van der Waals surface area (Å²) in [5.41, 5.74) is 5.94. The third-order valence-electron chi connectivity index (χ3n) is 7.20. The van der Waals surface area contributed by atoms with Gasteiger partial charge in [0.2, 0.25) is 0 Å². The fourth-order valence-corrected chi connectivity index (χ4v) is 5.93. The van der Waals surface area contributed by atoms with Crippen molar-refractivity contribution in [3.05, 3.63) is 118 Å². The summed E-state index contributed by atoms with van der Waals surface area (Å²) >= 11 is 7.36. The molecule has 2 N–H and O–H groups in total. The Balaban J connectivity index is 1.78. The van der Waals surface area contributed by atoms with Gasteiger partial charge in [-0.25, -0.2) is 9.59 Å². The van der Waals surface area contributed by atoms with E-state index in [1.54, 1.807) is 0 Å². The Hall–Kier alpha value is -4.02. The third-order valence-corrected chi connectivity index (χ3v) is 8.41. The zero-order chi connectivity index (χ0) is 36.3. The van der Waals surface area contributed by atoms with E-state index < -0.39 is 23.4 Å². The van der Waals surface area contributed by atoms with Crippen LogP contribution in [0.5, 0.6) is 11.5 Å². The molecule has 0 saturated carbocycles. The van der Waals surface area contributed by atoms with Gasteiger partial charge in [0, 0.05) is 46.0 Å². The number of carbonyl (C=O) groups is 2. The molecular weight excluding hydrogens is 764 g/mol. The second-order valence-electron chi connectivity index (χ2n) is 13.8. The molecule has 0 unspecified atom stereocenters. The predicted octanol–water partition coefficient (Wildman–Crippen LogP) is 10.4. The first-order valence-corrected chi connectivity index (χ1v) is 18.7. The molecule has 0 atom stereocenters. The number of carbonyl (C=O) groups excluding carboxylic acids is 2. The molecule has 0 aliphatic rings. The molecule has 0 aliphatic carbocycles. The van der Waals surface area contributed by atoms with Crippen molar-refractivity contribution in [2.75, 3.05) is 0 Å². The lowest BCUT2D eigenvalue weighted by molar-refractivity contribution is 0.0513. The first-order chi connectivity index (χ1) is 23.7. The fourth-order valence-electron chi connectivity index (χ4n) is 5.10. The highest BCUT2D eigenvalue weighted by Crippen LogP contribution is 2.38. The summed E-state index contributed by atoms with van der Waals surface area (Å²) in [6.45, 7) is 11.9. The lowest BCUT2D eigenvalue weighted by Crippen LogP contribution is -2.33. The number of hydrogen-bond donors (Lipinski definition) is 2. The number of hydrogen-bond acceptors (Lipinski definition) is 6. The Bertz CT molecular complexity index is 1660. The maximum Gasteiger partial charge on any atom is 0.407 e. The van der Waals surface area contributed by atoms with Gasteiger partial charge in [-0.2, -0.15) is 0 Å². The predicted molar refractivity (Wildman–Crippen MR) is 205 cm³/mol. The van der Waals surface area contributed by atoms with Crippen molar-refractivity contribution in [2.45, 2.75) is 89.7 Å². The van der Waals surface area contributed by atoms with Crippen LogP contribution in [0.25, 0.3) is 11.1 Å². The number of nitrogens with one attached hydrogen (secondary N) is 2. The molecule has 0 aromatic heterocycles. The van der Waals surface area contributed by atoms with Gasteiger partial charge in [0.25, 0.3) is 0 Å². The van der Waals surface area contributed by atoms with Crippen LogP contribution in [0.15, 0.2) is 84.9 Å². The topological polar surface area (TPSA) is 95.1 Å². The highest BCUT2D eigenvalue weighted by Gasteiger charge is 2.22. The smallest absolute Gasteiger partial charge is 0.407 e. The minimum atomic E-state index is -0.663. The van der Waals surface area contributed by atoms with Crippen molar-refractivity contribution < 1.29 is 28.5 Å². The van der Waals surface area contributed by atoms with Gasteiger partial charge in [-0.3, -0.25) is 0 Å². The average molecular weight is 811 g/mol. The van der Waals surface area contributed by atoms with Crippen LogP contribution in [0.1, 0.15) is 74.9 Å². The van der Waals surface area contributed by atoms with Gasteiger partial charge in [0.15, 0.2) is 0 Å². The van der Waals surface area contributed by atoms with Crippen LogP contribution in [0.4, 0.5) is 9.59 Å². The molecule has 266 valence electrons. The molecule has 4 aromatic rings. The van der Waals surface area contributed by atoms with E-state index in [-0.39, 0.29) is 19.7 Å². The molecule has 0 fully saturated rings. The maximum atomic E-state index is 12.8. The monoisotopic (exact) mass is 808 g/mol. The standard InChI is InChI=1S/C40H46Br2N2O6/c1-39(2,3)49-37(45)43-23-33-19-30(29-17-31(21-41)35(32(18-29)22-42)47-25-27-13-9-7-10-14-27)20-34(24-44-38(46)50-40(4,5)6)36(33)48-26-28-15-11-8-12-16-28/h7-20H,21-26H2,1-6H3,(H,43,45)(H,44,46). The molecular formula is C40H46Br2N2O6. The third kappa shape index (κ3) is 12.1. The van der Waals surface area contributed by atoms with Gasteiger partial charge in [-0.1, -0.05) is 92.5 Å². The number of alkyl halides is 2. The van der Waals surface area contributed by atoms with Crippen LogP contribution in [-0.2, 0) is 46.4 Å². The molecule has 0 bridgehead atoms. The van der Waals surface area contributed by atoms with Gasteiger partial charge in [-0.05, 0) is 88.1 Å². The van der Waals surface area contributed by atoms with Crippen molar-refractivity contribution in [3.8, 4) is 22.6 Å². The van der Waals surface area contributed by atoms with Crippen LogP contribution in [0, 0.1) is 0 Å². The van der Waals surface area contributed by atoms with E-state index in [1.807, 2.05) is 114 Å². The summed E-state index contributed by atoms with van der Waals surface area (Å²) < 4.78 is 23.9. The molecule has 0 spiro atoms. The molecule has 0 heterocycles. The van der Waals surface area contributed by atoms with Gasteiger partial charge in [0.05, 0.1) is 0 Å². The van der Waals surface area contributed by atoms with E-state index in [0.717, 1.165) is 50.3 Å². The first kappa shape index (κ1) is 38.8. The zero-order valence-corrected chi connectivity index (χ0v) is 32.7. The number of rotatable bonds is 13. The number of alkyl carbamates (subject to hydrolysis) is 2. The zero-order valence-electron chi connectivity index (χ0n) is 29.5. The van der Waals surface area contributed by atoms with Crippen molar-refractivity contribution in [1.82, 2.24) is 10.6 Å². The molecule has 4 rings (SSSR count). The summed E-state index contributed by atoms with van der Waals surface area (Å²) in [4.78, 5) is 25.6. The molecule has 4 aromatic carbocycles. The van der Waals surface area contributed by atoms with Crippen LogP contribution < -0.4 is 20.1 Å². The van der Waals surface area contributed by atoms with Gasteiger partial charge >= 0.3 is 12.2 Å². The van der Waals surface area contributed by atoms with Gasteiger partial charge < -0.3 is 29.6 Å². The highest BCUT2D eigenvalue weighted by atomic mass is 79.9. The molecule has 0 aliphatic heterocycles. The number of amides is 2. The summed E-state index contributed by atoms with van der Waals surface area (Å²) in [6, 6.07) is 28.1. The fraction of sp³-hybridized carbons (Fsp3) is 0.350. The largest absolute Gasteiger partial charge is 0.488 e. The lowest BCUT2D eigenvalue weighted by atomic mass is 9.95. The van der Waals surface area contributed by atoms with Crippen molar-refractivity contribution in [1.29, 1.82) is 0 Å². The molecule has 0 saturated heterocycles. The Morgan fingerprint density at radius 1 is 0.560 bits per heavy atom. The number of benzene rings is 4. The second kappa shape index (κ2) is 17.8. The van der Waals surface area contributed by atoms with E-state index in [0.29, 0.717) is 23.0 Å². The van der Waals surface area contributed by atoms with Crippen molar-refractivity contribution >= 4 is 44.0 Å². The Morgan fingerprint density at radius 3 is 1.24 bits per heavy atom. The van der Waals surface area contributed by atoms with Gasteiger partial charge in [0.1, 0.15) is 35.9 Å². The van der Waals surface area contributed by atoms with Crippen molar-refractivity contribution in [3.63, 3.8) is 0 Å². The molecule has 50 heavy (non-hydrogen) atoms. The summed E-state index contributed by atoms with van der Waals surface area (Å²) in [7, 11) is 0. The van der Waals surface area contributed by atoms with Crippen LogP contribution >= 0.6 is 31.9 Å². The molecule has 10 heteroatoms. The van der Waals surface area contributed by atoms with E-state index in [9.17, 15) is 9.59 Å². The Labute approximate surface area is 312 Å². The minimum absolute atomic E-state index is 0.126. The Kier molecular flexibility index (Phi) is 13.8. The highest BCUT2D eigenvalue weighted by molar-refractivity contribution is 9.08. The SMILES string of the molecule is CC(C)(C)OC(=O)NCc1cc(-c2cc(CBr)c(OCc3ccccc3)c(CBr)c2)cc(CNC(=O)OC(C)(C)C)c1OCc1ccccc1. The quantitative estimate of drug-likeness (QED) is 0.131. The molecule has 0 radical (unpaired) electrons. The van der Waals surface area contributed by atoms with Crippen molar-refractivity contribution in [2.24, 2.45) is 0 Å². The maximum absolute atomic E-state index is 12.8. The van der Waals surface area contributed by atoms with Crippen LogP contribution in [-0.4, -0.2) is 23.4 Å². The van der Waals surface area contributed by atoms with E-state index in [1.165, 1.54) is 0 Å². The number of ether oxygens (including phenoxy) is 4. The first-order valence-electron chi connectivity index (χ1n) is 16.5. The van der Waals surface area contributed by atoms with E-state index in [2.05, 4.69) is 54.6 Å². The normalized spacial score (nSPS) is 11.4.